The van der Waals surface area contributed by atoms with Crippen LogP contribution in [0.2, 0.25) is 0 Å². The number of aryl methyl sites for hydroxylation is 1. The average molecular weight is 286 g/mol. The van der Waals surface area contributed by atoms with Crippen LogP contribution in [0.4, 0.5) is 0 Å². The molecular formula is C19H14N2O. The smallest absolute Gasteiger partial charge is 0.150 e. The Morgan fingerprint density at radius 2 is 1.73 bits per heavy atom. The van der Waals surface area contributed by atoms with Crippen molar-refractivity contribution in [3.8, 4) is 11.3 Å². The van der Waals surface area contributed by atoms with Crippen molar-refractivity contribution in [1.29, 1.82) is 0 Å². The lowest BCUT2D eigenvalue weighted by molar-refractivity contribution is 0.112. The van der Waals surface area contributed by atoms with Crippen LogP contribution in [0.1, 0.15) is 10.4 Å². The third kappa shape index (κ3) is 1.69. The molecule has 0 aliphatic carbocycles. The summed E-state index contributed by atoms with van der Waals surface area (Å²) in [5.74, 6) is 0. The second kappa shape index (κ2) is 4.81. The van der Waals surface area contributed by atoms with Gasteiger partial charge in [-0.25, -0.2) is 0 Å². The molecule has 0 aliphatic rings. The van der Waals surface area contributed by atoms with Gasteiger partial charge < -0.3 is 4.57 Å². The molecule has 0 saturated carbocycles. The molecule has 22 heavy (non-hydrogen) atoms. The lowest BCUT2D eigenvalue weighted by atomic mass is 10.0. The molecule has 2 aromatic heterocycles. The highest BCUT2D eigenvalue weighted by Gasteiger charge is 2.15. The van der Waals surface area contributed by atoms with Gasteiger partial charge in [0.1, 0.15) is 0 Å². The molecule has 4 rings (SSSR count). The van der Waals surface area contributed by atoms with Crippen molar-refractivity contribution >= 4 is 28.1 Å². The van der Waals surface area contributed by atoms with Crippen molar-refractivity contribution in [2.24, 2.45) is 7.05 Å². The van der Waals surface area contributed by atoms with Gasteiger partial charge in [-0.05, 0) is 12.1 Å². The van der Waals surface area contributed by atoms with E-state index in [0.29, 0.717) is 5.56 Å². The predicted molar refractivity (Wildman–Crippen MR) is 89.0 cm³/mol. The van der Waals surface area contributed by atoms with Gasteiger partial charge in [-0.1, -0.05) is 42.5 Å². The lowest BCUT2D eigenvalue weighted by Crippen LogP contribution is -1.95. The van der Waals surface area contributed by atoms with Gasteiger partial charge in [0.25, 0.3) is 0 Å². The normalized spacial score (nSPS) is 11.1. The molecule has 3 nitrogen and oxygen atoms in total. The summed E-state index contributed by atoms with van der Waals surface area (Å²) in [6.07, 6.45) is 2.70. The number of pyridine rings is 1. The maximum Gasteiger partial charge on any atom is 0.150 e. The number of fused-ring (bicyclic) bond motifs is 3. The lowest BCUT2D eigenvalue weighted by Gasteiger charge is -2.07. The summed E-state index contributed by atoms with van der Waals surface area (Å²) >= 11 is 0. The van der Waals surface area contributed by atoms with Gasteiger partial charge in [0, 0.05) is 40.7 Å². The Labute approximate surface area is 127 Å². The maximum atomic E-state index is 11.4. The van der Waals surface area contributed by atoms with E-state index in [9.17, 15) is 4.79 Å². The van der Waals surface area contributed by atoms with E-state index in [1.54, 1.807) is 0 Å². The number of carbonyl (C=O) groups excluding carboxylic acids is 1. The van der Waals surface area contributed by atoms with E-state index in [4.69, 9.17) is 0 Å². The van der Waals surface area contributed by atoms with Gasteiger partial charge >= 0.3 is 0 Å². The number of rotatable bonds is 2. The van der Waals surface area contributed by atoms with Gasteiger partial charge in [0.05, 0.1) is 11.2 Å². The van der Waals surface area contributed by atoms with E-state index in [1.165, 1.54) is 5.39 Å². The van der Waals surface area contributed by atoms with Crippen molar-refractivity contribution < 1.29 is 4.79 Å². The summed E-state index contributed by atoms with van der Waals surface area (Å²) in [5, 5.41) is 2.36. The fraction of sp³-hybridized carbons (Fsp3) is 0.0526. The monoisotopic (exact) mass is 286 g/mol. The minimum Gasteiger partial charge on any atom is -0.342 e. The van der Waals surface area contributed by atoms with Crippen LogP contribution < -0.4 is 0 Å². The molecule has 0 saturated heterocycles. The quantitative estimate of drug-likeness (QED) is 0.517. The van der Waals surface area contributed by atoms with E-state index in [0.717, 1.165) is 34.0 Å². The maximum absolute atomic E-state index is 11.4. The minimum atomic E-state index is 0.660. The van der Waals surface area contributed by atoms with Gasteiger partial charge in [-0.3, -0.25) is 9.78 Å². The Morgan fingerprint density at radius 1 is 0.955 bits per heavy atom. The largest absolute Gasteiger partial charge is 0.342 e. The van der Waals surface area contributed by atoms with Gasteiger partial charge in [0.15, 0.2) is 6.29 Å². The Balaban J connectivity index is 2.18. The van der Waals surface area contributed by atoms with Crippen LogP contribution in [-0.4, -0.2) is 15.8 Å². The molecular weight excluding hydrogens is 272 g/mol. The topological polar surface area (TPSA) is 34.9 Å². The second-order valence-corrected chi connectivity index (χ2v) is 5.34. The highest BCUT2D eigenvalue weighted by Crippen LogP contribution is 2.34. The van der Waals surface area contributed by atoms with E-state index in [1.807, 2.05) is 55.7 Å². The molecule has 0 bridgehead atoms. The van der Waals surface area contributed by atoms with Crippen molar-refractivity contribution in [2.75, 3.05) is 0 Å². The van der Waals surface area contributed by atoms with E-state index in [2.05, 4.69) is 21.7 Å². The van der Waals surface area contributed by atoms with Crippen LogP contribution in [0.5, 0.6) is 0 Å². The fourth-order valence-electron chi connectivity index (χ4n) is 3.14. The van der Waals surface area contributed by atoms with Gasteiger partial charge in [-0.2, -0.15) is 0 Å². The van der Waals surface area contributed by atoms with E-state index in [-0.39, 0.29) is 0 Å². The summed E-state index contributed by atoms with van der Waals surface area (Å²) in [4.78, 5) is 15.9. The first-order chi connectivity index (χ1) is 10.8. The van der Waals surface area contributed by atoms with Crippen molar-refractivity contribution in [1.82, 2.24) is 9.55 Å². The van der Waals surface area contributed by atoms with Crippen LogP contribution in [0.25, 0.3) is 33.1 Å². The highest BCUT2D eigenvalue weighted by atomic mass is 16.1. The molecule has 4 aromatic rings. The molecule has 0 aliphatic heterocycles. The minimum absolute atomic E-state index is 0.660. The molecule has 0 amide bonds. The first-order valence-electron chi connectivity index (χ1n) is 7.18. The Hall–Kier alpha value is -2.94. The van der Waals surface area contributed by atoms with Crippen molar-refractivity contribution in [3.05, 3.63) is 66.4 Å². The Morgan fingerprint density at radius 3 is 2.59 bits per heavy atom. The van der Waals surface area contributed by atoms with Crippen LogP contribution >= 0.6 is 0 Å². The number of hydrogen-bond donors (Lipinski definition) is 0. The van der Waals surface area contributed by atoms with Crippen LogP contribution in [0, 0.1) is 0 Å². The van der Waals surface area contributed by atoms with Gasteiger partial charge in [0.2, 0.25) is 0 Å². The molecule has 0 N–H and O–H groups in total. The van der Waals surface area contributed by atoms with Crippen molar-refractivity contribution in [3.63, 3.8) is 0 Å². The molecule has 0 radical (unpaired) electrons. The number of aromatic nitrogens is 2. The summed E-state index contributed by atoms with van der Waals surface area (Å²) in [7, 11) is 2.04. The first-order valence-corrected chi connectivity index (χ1v) is 7.18. The van der Waals surface area contributed by atoms with Crippen molar-refractivity contribution in [2.45, 2.75) is 0 Å². The summed E-state index contributed by atoms with van der Waals surface area (Å²) < 4.78 is 2.15. The average Bonchev–Trinajstić information content (AvgIpc) is 2.88. The summed E-state index contributed by atoms with van der Waals surface area (Å²) in [5.41, 5.74) is 4.59. The third-order valence-corrected chi connectivity index (χ3v) is 4.16. The second-order valence-electron chi connectivity index (χ2n) is 5.34. The molecule has 2 aromatic carbocycles. The SMILES string of the molecule is Cn1c2ccccc2c2ccnc(-c3ccccc3C=O)c21. The molecule has 106 valence electrons. The van der Waals surface area contributed by atoms with E-state index >= 15 is 0 Å². The van der Waals surface area contributed by atoms with Gasteiger partial charge in [-0.15, -0.1) is 0 Å². The first kappa shape index (κ1) is 12.8. The Kier molecular flexibility index (Phi) is 2.79. The molecule has 3 heteroatoms. The number of para-hydroxylation sites is 1. The number of benzene rings is 2. The molecule has 0 fully saturated rings. The zero-order valence-electron chi connectivity index (χ0n) is 12.2. The Bertz CT molecular complexity index is 1010. The number of aldehydes is 1. The van der Waals surface area contributed by atoms with Crippen LogP contribution in [0.3, 0.4) is 0 Å². The highest BCUT2D eigenvalue weighted by molar-refractivity contribution is 6.12. The number of nitrogens with zero attached hydrogens (tertiary/aromatic N) is 2. The number of carbonyl (C=O) groups is 1. The standard InChI is InChI=1S/C19H14N2O/c1-21-17-9-5-4-8-15(17)16-10-11-20-18(19(16)21)14-7-3-2-6-13(14)12-22/h2-12H,1H3. The molecule has 0 spiro atoms. The third-order valence-electron chi connectivity index (χ3n) is 4.16. The van der Waals surface area contributed by atoms with Crippen LogP contribution in [-0.2, 0) is 7.05 Å². The molecule has 0 atom stereocenters. The zero-order valence-corrected chi connectivity index (χ0v) is 12.2. The summed E-state index contributed by atoms with van der Waals surface area (Å²) in [6, 6.07) is 17.9. The predicted octanol–water partition coefficient (Wildman–Crippen LogP) is 4.21. The summed E-state index contributed by atoms with van der Waals surface area (Å²) in [6.45, 7) is 0. The van der Waals surface area contributed by atoms with Crippen LogP contribution in [0.15, 0.2) is 60.8 Å². The number of hydrogen-bond acceptors (Lipinski definition) is 2. The molecule has 0 unspecified atom stereocenters. The fourth-order valence-corrected chi connectivity index (χ4v) is 3.14. The zero-order chi connectivity index (χ0) is 15.1. The van der Waals surface area contributed by atoms with E-state index < -0.39 is 0 Å². The molecule has 2 heterocycles.